The van der Waals surface area contributed by atoms with Gasteiger partial charge in [0.15, 0.2) is 0 Å². The van der Waals surface area contributed by atoms with Gasteiger partial charge >= 0.3 is 6.09 Å². The molecule has 3 aliphatic rings. The molecule has 2 atom stereocenters. The van der Waals surface area contributed by atoms with Crippen molar-refractivity contribution in [1.29, 1.82) is 0 Å². The van der Waals surface area contributed by atoms with E-state index in [2.05, 4.69) is 28.5 Å². The number of aromatic nitrogens is 2. The minimum absolute atomic E-state index is 0.174. The van der Waals surface area contributed by atoms with Crippen LogP contribution in [0.25, 0.3) is 16.9 Å². The number of benzene rings is 1. The van der Waals surface area contributed by atoms with E-state index in [1.54, 1.807) is 20.3 Å². The molecular weight excluding hydrogens is 566 g/mol. The zero-order chi connectivity index (χ0) is 30.3. The van der Waals surface area contributed by atoms with Crippen LogP contribution in [0, 0.1) is 5.92 Å². The molecule has 10 heteroatoms. The van der Waals surface area contributed by atoms with Crippen molar-refractivity contribution < 1.29 is 19.0 Å². The van der Waals surface area contributed by atoms with E-state index in [0.717, 1.165) is 67.9 Å². The summed E-state index contributed by atoms with van der Waals surface area (Å²) in [6.07, 6.45) is 10.8. The van der Waals surface area contributed by atoms with Crippen LogP contribution < -0.4 is 14.8 Å². The van der Waals surface area contributed by atoms with Crippen molar-refractivity contribution in [3.8, 4) is 22.8 Å². The maximum absolute atomic E-state index is 12.5. The molecular formula is C33H44ClN5O4. The Morgan fingerprint density at radius 3 is 2.37 bits per heavy atom. The number of anilines is 1. The zero-order valence-electron chi connectivity index (χ0n) is 25.9. The van der Waals surface area contributed by atoms with E-state index >= 15 is 0 Å². The SMILES string of the molecule is COc1cc(OC)c(-c2cn3ccc(NC4C[C@@H]5CC[C@@H](C4)N5CC4CCN(C(=O)OC(C)(C)C)CC4)cc3n2)cc1Cl. The molecule has 1 N–H and O–H groups in total. The highest BCUT2D eigenvalue weighted by atomic mass is 35.5. The Kier molecular flexibility index (Phi) is 8.39. The van der Waals surface area contributed by atoms with Crippen LogP contribution in [0.5, 0.6) is 11.5 Å². The summed E-state index contributed by atoms with van der Waals surface area (Å²) in [5.74, 6) is 1.88. The summed E-state index contributed by atoms with van der Waals surface area (Å²) in [6, 6.07) is 9.57. The first-order chi connectivity index (χ1) is 20.6. The number of likely N-dealkylation sites (tertiary alicyclic amines) is 1. The topological polar surface area (TPSA) is 80.6 Å². The van der Waals surface area contributed by atoms with Crippen LogP contribution >= 0.6 is 11.6 Å². The molecule has 0 spiro atoms. The van der Waals surface area contributed by atoms with Gasteiger partial charge in [-0.05, 0) is 77.3 Å². The van der Waals surface area contributed by atoms with Gasteiger partial charge in [0, 0.05) is 73.5 Å². The number of fused-ring (bicyclic) bond motifs is 3. The predicted molar refractivity (Wildman–Crippen MR) is 169 cm³/mol. The Balaban J connectivity index is 1.06. The minimum atomic E-state index is -0.446. The van der Waals surface area contributed by atoms with E-state index in [1.165, 1.54) is 12.8 Å². The molecule has 3 aromatic rings. The van der Waals surface area contributed by atoms with Crippen LogP contribution in [0.3, 0.4) is 0 Å². The van der Waals surface area contributed by atoms with Crippen LogP contribution in [0.4, 0.5) is 10.5 Å². The standard InChI is InChI=1S/C33H44ClN5O4/c1-33(2,3)43-32(40)37-11-8-21(9-12-37)19-39-24-6-7-25(39)15-23(14-24)35-22-10-13-38-20-28(36-31(38)16-22)26-17-27(34)30(42-5)18-29(26)41-4/h10,13,16-18,20-21,23-25,35H,6-9,11-12,14-15,19H2,1-5H3/t24-,25-/m0/s1. The number of hydrogen-bond acceptors (Lipinski definition) is 7. The van der Waals surface area contributed by atoms with Gasteiger partial charge in [-0.2, -0.15) is 0 Å². The molecule has 3 saturated heterocycles. The molecule has 1 amide bonds. The minimum Gasteiger partial charge on any atom is -0.496 e. The third kappa shape index (κ3) is 6.53. The number of halogens is 1. The average molecular weight is 610 g/mol. The summed E-state index contributed by atoms with van der Waals surface area (Å²) < 4.78 is 18.6. The van der Waals surface area contributed by atoms with Crippen molar-refractivity contribution in [3.05, 3.63) is 41.7 Å². The highest BCUT2D eigenvalue weighted by Crippen LogP contribution is 2.40. The van der Waals surface area contributed by atoms with Crippen molar-refractivity contribution >= 4 is 29.0 Å². The lowest BCUT2D eigenvalue weighted by molar-refractivity contribution is 0.0148. The number of ether oxygens (including phenoxy) is 3. The number of pyridine rings is 1. The lowest BCUT2D eigenvalue weighted by Gasteiger charge is -2.42. The number of nitrogens with one attached hydrogen (secondary N) is 1. The van der Waals surface area contributed by atoms with Crippen molar-refractivity contribution in [2.24, 2.45) is 5.92 Å². The summed E-state index contributed by atoms with van der Waals surface area (Å²) in [6.45, 7) is 8.51. The number of rotatable bonds is 7. The summed E-state index contributed by atoms with van der Waals surface area (Å²) in [5, 5.41) is 4.35. The molecule has 0 saturated carbocycles. The summed E-state index contributed by atoms with van der Waals surface area (Å²) in [4.78, 5) is 22.0. The maximum Gasteiger partial charge on any atom is 0.410 e. The van der Waals surface area contributed by atoms with Gasteiger partial charge in [0.1, 0.15) is 22.7 Å². The van der Waals surface area contributed by atoms with Gasteiger partial charge in [-0.25, -0.2) is 9.78 Å². The normalized spacial score (nSPS) is 23.0. The molecule has 3 aliphatic heterocycles. The first kappa shape index (κ1) is 29.9. The van der Waals surface area contributed by atoms with Gasteiger partial charge in [-0.3, -0.25) is 4.90 Å². The molecule has 3 fully saturated rings. The fourth-order valence-corrected chi connectivity index (χ4v) is 7.35. The molecule has 0 radical (unpaired) electrons. The largest absolute Gasteiger partial charge is 0.496 e. The van der Waals surface area contributed by atoms with Crippen molar-refractivity contribution in [2.45, 2.75) is 83.0 Å². The Hall–Kier alpha value is -3.17. The van der Waals surface area contributed by atoms with Crippen molar-refractivity contribution in [3.63, 3.8) is 0 Å². The van der Waals surface area contributed by atoms with E-state index in [-0.39, 0.29) is 6.09 Å². The number of carbonyl (C=O) groups is 1. The van der Waals surface area contributed by atoms with Crippen LogP contribution in [0.15, 0.2) is 36.7 Å². The fraction of sp³-hybridized carbons (Fsp3) is 0.576. The van der Waals surface area contributed by atoms with Crippen molar-refractivity contribution in [1.82, 2.24) is 19.2 Å². The highest BCUT2D eigenvalue weighted by molar-refractivity contribution is 6.32. The number of carbonyl (C=O) groups excluding carboxylic acids is 1. The Bertz CT molecular complexity index is 1450. The van der Waals surface area contributed by atoms with Gasteiger partial charge in [0.2, 0.25) is 0 Å². The van der Waals surface area contributed by atoms with Gasteiger partial charge in [0.05, 0.1) is 24.9 Å². The number of imidazole rings is 1. The Morgan fingerprint density at radius 2 is 1.72 bits per heavy atom. The molecule has 0 aliphatic carbocycles. The Morgan fingerprint density at radius 1 is 1.02 bits per heavy atom. The van der Waals surface area contributed by atoms with E-state index in [1.807, 2.05) is 42.3 Å². The molecule has 9 nitrogen and oxygen atoms in total. The smallest absolute Gasteiger partial charge is 0.410 e. The lowest BCUT2D eigenvalue weighted by atomic mass is 9.92. The van der Waals surface area contributed by atoms with Crippen LogP contribution in [0.2, 0.25) is 5.02 Å². The van der Waals surface area contributed by atoms with Gasteiger partial charge in [-0.15, -0.1) is 0 Å². The second-order valence-corrected chi connectivity index (χ2v) is 13.7. The second kappa shape index (κ2) is 12.1. The molecule has 2 aromatic heterocycles. The molecule has 1 aromatic carbocycles. The van der Waals surface area contributed by atoms with Gasteiger partial charge < -0.3 is 28.8 Å². The van der Waals surface area contributed by atoms with Crippen LogP contribution in [-0.2, 0) is 4.74 Å². The second-order valence-electron chi connectivity index (χ2n) is 13.3. The maximum atomic E-state index is 12.5. The fourth-order valence-electron chi connectivity index (χ4n) is 7.11. The number of amides is 1. The van der Waals surface area contributed by atoms with Crippen molar-refractivity contribution in [2.75, 3.05) is 39.2 Å². The number of hydrogen-bond donors (Lipinski definition) is 1. The monoisotopic (exact) mass is 609 g/mol. The molecule has 5 heterocycles. The third-order valence-electron chi connectivity index (χ3n) is 9.20. The van der Waals surface area contributed by atoms with E-state index < -0.39 is 5.60 Å². The third-order valence-corrected chi connectivity index (χ3v) is 9.50. The summed E-state index contributed by atoms with van der Waals surface area (Å²) in [5.41, 5.74) is 3.13. The van der Waals surface area contributed by atoms with E-state index in [0.29, 0.717) is 40.6 Å². The molecule has 232 valence electrons. The number of methoxy groups -OCH3 is 2. The van der Waals surface area contributed by atoms with E-state index in [4.69, 9.17) is 30.8 Å². The van der Waals surface area contributed by atoms with Gasteiger partial charge in [0.25, 0.3) is 0 Å². The summed E-state index contributed by atoms with van der Waals surface area (Å²) in [7, 11) is 3.23. The molecule has 0 unspecified atom stereocenters. The van der Waals surface area contributed by atoms with E-state index in [9.17, 15) is 4.79 Å². The lowest BCUT2D eigenvalue weighted by Crippen LogP contribution is -2.50. The highest BCUT2D eigenvalue weighted by Gasteiger charge is 2.42. The van der Waals surface area contributed by atoms with Gasteiger partial charge in [-0.1, -0.05) is 11.6 Å². The quantitative estimate of drug-likeness (QED) is 0.318. The first-order valence-corrected chi connectivity index (χ1v) is 15.9. The Labute approximate surface area is 259 Å². The van der Waals surface area contributed by atoms with Crippen LogP contribution in [0.1, 0.15) is 59.3 Å². The average Bonchev–Trinajstić information content (AvgIpc) is 3.48. The number of nitrogens with zero attached hydrogens (tertiary/aromatic N) is 4. The molecule has 6 rings (SSSR count). The van der Waals surface area contributed by atoms with Crippen LogP contribution in [-0.4, -0.2) is 82.9 Å². The summed E-state index contributed by atoms with van der Waals surface area (Å²) >= 11 is 6.42. The molecule has 43 heavy (non-hydrogen) atoms. The predicted octanol–water partition coefficient (Wildman–Crippen LogP) is 6.73. The first-order valence-electron chi connectivity index (χ1n) is 15.5. The number of piperidine rings is 2. The zero-order valence-corrected chi connectivity index (χ0v) is 26.7. The molecule has 2 bridgehead atoms.